The molecule has 1 fully saturated rings. The summed E-state index contributed by atoms with van der Waals surface area (Å²) in [6, 6.07) is 7.01. The van der Waals surface area contributed by atoms with E-state index in [-0.39, 0.29) is 24.2 Å². The van der Waals surface area contributed by atoms with Crippen molar-refractivity contribution in [3.63, 3.8) is 0 Å². The van der Waals surface area contributed by atoms with E-state index in [0.29, 0.717) is 17.9 Å². The van der Waals surface area contributed by atoms with Crippen LogP contribution in [0.25, 0.3) is 11.1 Å². The first kappa shape index (κ1) is 21.0. The molecule has 0 aromatic carbocycles. The minimum absolute atomic E-state index is 0.0936. The molecule has 1 amide bonds. The molecule has 8 nitrogen and oxygen atoms in total. The maximum Gasteiger partial charge on any atom is 0.250 e. The van der Waals surface area contributed by atoms with Crippen LogP contribution in [0.1, 0.15) is 39.8 Å². The Morgan fingerprint density at radius 3 is 2.58 bits per heavy atom. The lowest BCUT2D eigenvalue weighted by atomic mass is 10.1. The second kappa shape index (κ2) is 8.14. The number of hydrogen-bond donors (Lipinski definition) is 1. The number of carbonyl (C=O) groups is 1. The number of hydrogen-bond acceptors (Lipinski definition) is 6. The van der Waals surface area contributed by atoms with E-state index in [9.17, 15) is 13.2 Å². The lowest BCUT2D eigenvalue weighted by Crippen LogP contribution is -2.12. The number of aromatic nitrogens is 3. The highest BCUT2D eigenvalue weighted by Gasteiger charge is 2.31. The molecule has 31 heavy (non-hydrogen) atoms. The predicted molar refractivity (Wildman–Crippen MR) is 117 cm³/mol. The van der Waals surface area contributed by atoms with E-state index in [2.05, 4.69) is 9.97 Å². The molecule has 0 spiro atoms. The van der Waals surface area contributed by atoms with E-state index in [1.54, 1.807) is 12.1 Å². The Hall–Kier alpha value is -3.20. The van der Waals surface area contributed by atoms with Gasteiger partial charge in [-0.1, -0.05) is 6.07 Å². The first-order chi connectivity index (χ1) is 14.7. The van der Waals surface area contributed by atoms with E-state index in [0.717, 1.165) is 28.1 Å². The second-order valence-electron chi connectivity index (χ2n) is 7.80. The maximum atomic E-state index is 12.0. The van der Waals surface area contributed by atoms with Crippen LogP contribution < -0.4 is 10.5 Å². The zero-order valence-electron chi connectivity index (χ0n) is 17.4. The molecule has 3 aromatic heterocycles. The Kier molecular flexibility index (Phi) is 5.53. The average Bonchev–Trinajstić information content (AvgIpc) is 3.26. The SMILES string of the molecule is Cc1ccc(-c2cn([C@H]3CCS(=O)(=O)C3)c(C)c2COc2ccc(C(N)=O)cn2)cn1. The summed E-state index contributed by atoms with van der Waals surface area (Å²) in [6.07, 6.45) is 5.78. The van der Waals surface area contributed by atoms with Crippen LogP contribution >= 0.6 is 0 Å². The van der Waals surface area contributed by atoms with Crippen LogP contribution in [0.5, 0.6) is 5.88 Å². The summed E-state index contributed by atoms with van der Waals surface area (Å²) in [7, 11) is -3.01. The van der Waals surface area contributed by atoms with Gasteiger partial charge in [-0.05, 0) is 32.4 Å². The molecule has 4 heterocycles. The predicted octanol–water partition coefficient (Wildman–Crippen LogP) is 2.60. The number of aryl methyl sites for hydroxylation is 1. The number of pyridine rings is 2. The van der Waals surface area contributed by atoms with Gasteiger partial charge in [0.25, 0.3) is 0 Å². The van der Waals surface area contributed by atoms with Crippen LogP contribution in [0.15, 0.2) is 42.9 Å². The highest BCUT2D eigenvalue weighted by molar-refractivity contribution is 7.91. The number of amides is 1. The van der Waals surface area contributed by atoms with Crippen LogP contribution in [-0.4, -0.2) is 40.4 Å². The molecule has 162 valence electrons. The molecule has 1 saturated heterocycles. The Labute approximate surface area is 181 Å². The first-order valence-electron chi connectivity index (χ1n) is 9.96. The third kappa shape index (κ3) is 4.46. The van der Waals surface area contributed by atoms with Gasteiger partial charge in [-0.25, -0.2) is 13.4 Å². The molecule has 1 atom stereocenters. The van der Waals surface area contributed by atoms with Crippen molar-refractivity contribution in [1.29, 1.82) is 0 Å². The molecule has 4 rings (SSSR count). The average molecular weight is 441 g/mol. The summed E-state index contributed by atoms with van der Waals surface area (Å²) in [5.41, 5.74) is 10.3. The molecule has 2 N–H and O–H groups in total. The quantitative estimate of drug-likeness (QED) is 0.630. The van der Waals surface area contributed by atoms with Gasteiger partial charge in [0, 0.05) is 58.8 Å². The molecular formula is C22H24N4O4S. The van der Waals surface area contributed by atoms with E-state index < -0.39 is 15.7 Å². The Morgan fingerprint density at radius 2 is 2.00 bits per heavy atom. The third-order valence-corrected chi connectivity index (χ3v) is 7.38. The molecule has 9 heteroatoms. The normalized spacial score (nSPS) is 17.5. The van der Waals surface area contributed by atoms with E-state index in [1.165, 1.54) is 6.20 Å². The van der Waals surface area contributed by atoms with Gasteiger partial charge in [-0.15, -0.1) is 0 Å². The smallest absolute Gasteiger partial charge is 0.250 e. The van der Waals surface area contributed by atoms with Gasteiger partial charge >= 0.3 is 0 Å². The van der Waals surface area contributed by atoms with Crippen molar-refractivity contribution in [1.82, 2.24) is 14.5 Å². The fourth-order valence-electron chi connectivity index (χ4n) is 3.85. The molecular weight excluding hydrogens is 416 g/mol. The molecule has 1 aliphatic rings. The number of rotatable bonds is 6. The van der Waals surface area contributed by atoms with Crippen molar-refractivity contribution in [2.75, 3.05) is 11.5 Å². The molecule has 3 aromatic rings. The highest BCUT2D eigenvalue weighted by atomic mass is 32.2. The number of nitrogens with two attached hydrogens (primary N) is 1. The topological polar surface area (TPSA) is 117 Å². The summed E-state index contributed by atoms with van der Waals surface area (Å²) in [5, 5.41) is 0. The van der Waals surface area contributed by atoms with Crippen molar-refractivity contribution in [2.24, 2.45) is 5.73 Å². The van der Waals surface area contributed by atoms with E-state index in [1.807, 2.05) is 42.9 Å². The lowest BCUT2D eigenvalue weighted by molar-refractivity contribution is 0.1000. The van der Waals surface area contributed by atoms with Crippen molar-refractivity contribution >= 4 is 15.7 Å². The van der Waals surface area contributed by atoms with Crippen LogP contribution in [-0.2, 0) is 16.4 Å². The third-order valence-electron chi connectivity index (χ3n) is 5.63. The molecule has 0 aliphatic carbocycles. The van der Waals surface area contributed by atoms with Crippen LogP contribution in [0.2, 0.25) is 0 Å². The summed E-state index contributed by atoms with van der Waals surface area (Å²) < 4.78 is 32.0. The van der Waals surface area contributed by atoms with Gasteiger partial charge in [-0.2, -0.15) is 0 Å². The van der Waals surface area contributed by atoms with Gasteiger partial charge < -0.3 is 15.0 Å². The Bertz CT molecular complexity index is 1220. The van der Waals surface area contributed by atoms with Crippen molar-refractivity contribution in [3.8, 4) is 17.0 Å². The molecule has 1 aliphatic heterocycles. The summed E-state index contributed by atoms with van der Waals surface area (Å²) in [6.45, 7) is 4.14. The van der Waals surface area contributed by atoms with Crippen LogP contribution in [0.3, 0.4) is 0 Å². The molecule has 0 radical (unpaired) electrons. The van der Waals surface area contributed by atoms with Gasteiger partial charge in [-0.3, -0.25) is 9.78 Å². The van der Waals surface area contributed by atoms with Crippen molar-refractivity contribution in [3.05, 3.63) is 65.4 Å². The zero-order valence-corrected chi connectivity index (χ0v) is 18.2. The fourth-order valence-corrected chi connectivity index (χ4v) is 5.57. The number of primary amides is 1. The molecule has 0 unspecified atom stereocenters. The first-order valence-corrected chi connectivity index (χ1v) is 11.8. The van der Waals surface area contributed by atoms with Gasteiger partial charge in [0.2, 0.25) is 11.8 Å². The minimum atomic E-state index is -3.01. The number of sulfone groups is 1. The number of ether oxygens (including phenoxy) is 1. The van der Waals surface area contributed by atoms with Gasteiger partial charge in [0.1, 0.15) is 6.61 Å². The van der Waals surface area contributed by atoms with Gasteiger partial charge in [0.15, 0.2) is 9.84 Å². The molecule has 0 saturated carbocycles. The number of carbonyl (C=O) groups excluding carboxylic acids is 1. The Morgan fingerprint density at radius 1 is 1.19 bits per heavy atom. The highest BCUT2D eigenvalue weighted by Crippen LogP contribution is 2.34. The summed E-state index contributed by atoms with van der Waals surface area (Å²) in [4.78, 5) is 19.8. The Balaban J connectivity index is 1.67. The second-order valence-corrected chi connectivity index (χ2v) is 10.0. The largest absolute Gasteiger partial charge is 0.473 e. The number of nitrogens with zero attached hydrogens (tertiary/aromatic N) is 3. The van der Waals surface area contributed by atoms with Crippen LogP contribution in [0.4, 0.5) is 0 Å². The lowest BCUT2D eigenvalue weighted by Gasteiger charge is -2.14. The fraction of sp³-hybridized carbons (Fsp3) is 0.318. The monoisotopic (exact) mass is 440 g/mol. The van der Waals surface area contributed by atoms with Crippen molar-refractivity contribution in [2.45, 2.75) is 32.9 Å². The summed E-state index contributed by atoms with van der Waals surface area (Å²) in [5.74, 6) is 0.171. The van der Waals surface area contributed by atoms with Crippen LogP contribution in [0, 0.1) is 13.8 Å². The van der Waals surface area contributed by atoms with E-state index >= 15 is 0 Å². The van der Waals surface area contributed by atoms with Crippen molar-refractivity contribution < 1.29 is 17.9 Å². The minimum Gasteiger partial charge on any atom is -0.473 e. The maximum absolute atomic E-state index is 12.0. The standard InChI is InChI=1S/C22H24N4O4S/c1-14-3-4-16(9-24-14)19-11-26(18-7-8-31(28,29)13-18)15(2)20(19)12-30-21-6-5-17(10-25-21)22(23)27/h3-6,9-11,18H,7-8,12-13H2,1-2H3,(H2,23,27)/t18-/m0/s1. The zero-order chi connectivity index (χ0) is 22.2. The molecule has 0 bridgehead atoms. The van der Waals surface area contributed by atoms with E-state index in [4.69, 9.17) is 10.5 Å². The van der Waals surface area contributed by atoms with Gasteiger partial charge in [0.05, 0.1) is 17.1 Å². The summed E-state index contributed by atoms with van der Waals surface area (Å²) >= 11 is 0.